The Hall–Kier alpha value is -2.85. The molecule has 3 aromatic rings. The van der Waals surface area contributed by atoms with Gasteiger partial charge in [0, 0.05) is 54.5 Å². The van der Waals surface area contributed by atoms with Gasteiger partial charge in [0.15, 0.2) is 0 Å². The highest BCUT2D eigenvalue weighted by atomic mass is 35.5. The van der Waals surface area contributed by atoms with E-state index >= 15 is 0 Å². The van der Waals surface area contributed by atoms with Crippen LogP contribution in [0.3, 0.4) is 0 Å². The minimum Gasteiger partial charge on any atom is -0.375 e. The molecule has 11 heteroatoms. The normalized spacial score (nSPS) is 14.7. The van der Waals surface area contributed by atoms with Crippen molar-refractivity contribution in [3.63, 3.8) is 0 Å². The Bertz CT molecular complexity index is 1280. The number of rotatable bonds is 7. The van der Waals surface area contributed by atoms with Crippen LogP contribution >= 0.6 is 23.2 Å². The molecule has 0 bridgehead atoms. The number of benzene rings is 3. The van der Waals surface area contributed by atoms with Crippen molar-refractivity contribution in [2.45, 2.75) is 11.4 Å². The largest absolute Gasteiger partial charge is 0.375 e. The topological polar surface area (TPSA) is 95.8 Å². The summed E-state index contributed by atoms with van der Waals surface area (Å²) in [5.74, 6) is 0. The van der Waals surface area contributed by atoms with Gasteiger partial charge in [-0.1, -0.05) is 35.3 Å². The lowest BCUT2D eigenvalue weighted by molar-refractivity contribution is -0.384. The SMILES string of the molecule is O=[N+]([O-])c1ccc(N2CCN(S(=O)(=O)c3ccc(Cl)cc3)CC2)cc1NCc1ccc(Cl)cc1. The van der Waals surface area contributed by atoms with Gasteiger partial charge in [-0.15, -0.1) is 0 Å². The lowest BCUT2D eigenvalue weighted by Crippen LogP contribution is -2.48. The second-order valence-electron chi connectivity index (χ2n) is 7.78. The van der Waals surface area contributed by atoms with Gasteiger partial charge < -0.3 is 10.2 Å². The second kappa shape index (κ2) is 10.2. The Morgan fingerprint density at radius 1 is 0.882 bits per heavy atom. The first-order valence-electron chi connectivity index (χ1n) is 10.5. The van der Waals surface area contributed by atoms with Gasteiger partial charge in [0.1, 0.15) is 5.69 Å². The standard InChI is InChI=1S/C23H22Cl2N4O4S/c24-18-3-1-17(2-4-18)16-26-22-15-20(7-10-23(22)29(30)31)27-11-13-28(14-12-27)34(32,33)21-8-5-19(25)6-9-21/h1-10,15,26H,11-14,16H2. The first-order chi connectivity index (χ1) is 16.2. The molecule has 178 valence electrons. The Labute approximate surface area is 207 Å². The number of nitrogens with one attached hydrogen (secondary N) is 1. The molecule has 1 fully saturated rings. The molecular weight excluding hydrogens is 499 g/mol. The van der Waals surface area contributed by atoms with E-state index in [-0.39, 0.29) is 10.6 Å². The molecule has 3 aromatic carbocycles. The van der Waals surface area contributed by atoms with Crippen LogP contribution in [0.2, 0.25) is 10.0 Å². The monoisotopic (exact) mass is 520 g/mol. The number of hydrogen-bond acceptors (Lipinski definition) is 6. The van der Waals surface area contributed by atoms with Crippen LogP contribution in [0, 0.1) is 10.1 Å². The summed E-state index contributed by atoms with van der Waals surface area (Å²) >= 11 is 11.8. The quantitative estimate of drug-likeness (QED) is 0.346. The van der Waals surface area contributed by atoms with E-state index in [1.165, 1.54) is 22.5 Å². The predicted octanol–water partition coefficient (Wildman–Crippen LogP) is 5.02. The summed E-state index contributed by atoms with van der Waals surface area (Å²) < 4.78 is 27.3. The highest BCUT2D eigenvalue weighted by molar-refractivity contribution is 7.89. The highest BCUT2D eigenvalue weighted by Crippen LogP contribution is 2.31. The maximum atomic E-state index is 12.9. The maximum absolute atomic E-state index is 12.9. The summed E-state index contributed by atoms with van der Waals surface area (Å²) in [6, 6.07) is 18.2. The van der Waals surface area contributed by atoms with Crippen molar-refractivity contribution in [3.8, 4) is 0 Å². The summed E-state index contributed by atoms with van der Waals surface area (Å²) in [7, 11) is -3.62. The smallest absolute Gasteiger partial charge is 0.292 e. The van der Waals surface area contributed by atoms with Crippen molar-refractivity contribution < 1.29 is 13.3 Å². The molecule has 0 spiro atoms. The molecule has 1 N–H and O–H groups in total. The number of nitro benzene ring substituents is 1. The summed E-state index contributed by atoms with van der Waals surface area (Å²) in [6.45, 7) is 1.92. The number of anilines is 2. The van der Waals surface area contributed by atoms with E-state index in [0.29, 0.717) is 48.5 Å². The van der Waals surface area contributed by atoms with E-state index in [0.717, 1.165) is 11.3 Å². The van der Waals surface area contributed by atoms with Crippen molar-refractivity contribution in [2.24, 2.45) is 0 Å². The molecule has 1 aliphatic heterocycles. The molecular formula is C23H22Cl2N4O4S. The van der Waals surface area contributed by atoms with Crippen LogP contribution in [-0.2, 0) is 16.6 Å². The number of sulfonamides is 1. The lowest BCUT2D eigenvalue weighted by Gasteiger charge is -2.35. The second-order valence-corrected chi connectivity index (χ2v) is 10.6. The number of nitrogens with zero attached hydrogens (tertiary/aromatic N) is 3. The van der Waals surface area contributed by atoms with Crippen molar-refractivity contribution in [2.75, 3.05) is 36.4 Å². The molecule has 0 aromatic heterocycles. The Balaban J connectivity index is 1.47. The third kappa shape index (κ3) is 5.44. The van der Waals surface area contributed by atoms with Gasteiger partial charge in [0.2, 0.25) is 10.0 Å². The summed E-state index contributed by atoms with van der Waals surface area (Å²) in [6.07, 6.45) is 0. The summed E-state index contributed by atoms with van der Waals surface area (Å²) in [4.78, 5) is 13.3. The molecule has 0 radical (unpaired) electrons. The Kier molecular flexibility index (Phi) is 7.27. The van der Waals surface area contributed by atoms with Crippen LogP contribution in [0.25, 0.3) is 0 Å². The zero-order chi connectivity index (χ0) is 24.3. The van der Waals surface area contributed by atoms with E-state index in [1.807, 2.05) is 17.0 Å². The van der Waals surface area contributed by atoms with Crippen LogP contribution in [-0.4, -0.2) is 43.8 Å². The molecule has 1 saturated heterocycles. The molecule has 0 saturated carbocycles. The van der Waals surface area contributed by atoms with E-state index in [4.69, 9.17) is 23.2 Å². The van der Waals surface area contributed by atoms with E-state index in [1.54, 1.807) is 36.4 Å². The molecule has 34 heavy (non-hydrogen) atoms. The maximum Gasteiger partial charge on any atom is 0.292 e. The van der Waals surface area contributed by atoms with Gasteiger partial charge in [0.25, 0.3) is 5.69 Å². The average molecular weight is 521 g/mol. The molecule has 1 heterocycles. The number of piperazine rings is 1. The van der Waals surface area contributed by atoms with Crippen molar-refractivity contribution in [3.05, 3.63) is 92.5 Å². The summed E-state index contributed by atoms with van der Waals surface area (Å²) in [5, 5.41) is 15.8. The van der Waals surface area contributed by atoms with Gasteiger partial charge in [-0.25, -0.2) is 8.42 Å². The zero-order valence-corrected chi connectivity index (χ0v) is 20.4. The average Bonchev–Trinajstić information content (AvgIpc) is 2.84. The van der Waals surface area contributed by atoms with Gasteiger partial charge in [0.05, 0.1) is 9.82 Å². The molecule has 0 aliphatic carbocycles. The Morgan fingerprint density at radius 2 is 1.47 bits per heavy atom. The molecule has 4 rings (SSSR count). The van der Waals surface area contributed by atoms with Gasteiger partial charge in [-0.3, -0.25) is 10.1 Å². The fraction of sp³-hybridized carbons (Fsp3) is 0.217. The molecule has 0 amide bonds. The van der Waals surface area contributed by atoms with Crippen molar-refractivity contribution in [1.29, 1.82) is 0 Å². The van der Waals surface area contributed by atoms with Gasteiger partial charge >= 0.3 is 0 Å². The van der Waals surface area contributed by atoms with E-state index < -0.39 is 14.9 Å². The minimum absolute atomic E-state index is 0.0262. The highest BCUT2D eigenvalue weighted by Gasteiger charge is 2.29. The number of halogens is 2. The van der Waals surface area contributed by atoms with Crippen LogP contribution in [0.15, 0.2) is 71.6 Å². The van der Waals surface area contributed by atoms with Gasteiger partial charge in [-0.2, -0.15) is 4.31 Å². The van der Waals surface area contributed by atoms with Crippen LogP contribution in [0.5, 0.6) is 0 Å². The third-order valence-corrected chi connectivity index (χ3v) is 8.05. The third-order valence-electron chi connectivity index (χ3n) is 5.63. The lowest BCUT2D eigenvalue weighted by atomic mass is 10.2. The first-order valence-corrected chi connectivity index (χ1v) is 12.7. The van der Waals surface area contributed by atoms with Crippen molar-refractivity contribution >= 4 is 50.3 Å². The van der Waals surface area contributed by atoms with Crippen LogP contribution in [0.1, 0.15) is 5.56 Å². The van der Waals surface area contributed by atoms with E-state index in [2.05, 4.69) is 5.32 Å². The molecule has 8 nitrogen and oxygen atoms in total. The fourth-order valence-electron chi connectivity index (χ4n) is 3.76. The van der Waals surface area contributed by atoms with Crippen LogP contribution in [0.4, 0.5) is 17.1 Å². The summed E-state index contributed by atoms with van der Waals surface area (Å²) in [5.41, 5.74) is 2.09. The molecule has 0 atom stereocenters. The van der Waals surface area contributed by atoms with E-state index in [9.17, 15) is 18.5 Å². The number of hydrogen-bond donors (Lipinski definition) is 1. The number of nitro groups is 1. The zero-order valence-electron chi connectivity index (χ0n) is 18.0. The predicted molar refractivity (Wildman–Crippen MR) is 134 cm³/mol. The van der Waals surface area contributed by atoms with Crippen LogP contribution < -0.4 is 10.2 Å². The Morgan fingerprint density at radius 3 is 2.06 bits per heavy atom. The molecule has 1 aliphatic rings. The first kappa shape index (κ1) is 24.3. The fourth-order valence-corrected chi connectivity index (χ4v) is 5.44. The molecule has 0 unspecified atom stereocenters. The minimum atomic E-state index is -3.62. The van der Waals surface area contributed by atoms with Crippen molar-refractivity contribution in [1.82, 2.24) is 4.31 Å². The van der Waals surface area contributed by atoms with Gasteiger partial charge in [-0.05, 0) is 54.1 Å².